The van der Waals surface area contributed by atoms with Crippen molar-refractivity contribution in [1.82, 2.24) is 0 Å². The lowest BCUT2D eigenvalue weighted by Gasteiger charge is -2.24. The maximum Gasteiger partial charge on any atom is 0.338 e. The van der Waals surface area contributed by atoms with Crippen molar-refractivity contribution in [3.63, 3.8) is 0 Å². The first-order chi connectivity index (χ1) is 12.0. The van der Waals surface area contributed by atoms with Crippen LogP contribution in [0.25, 0.3) is 0 Å². The summed E-state index contributed by atoms with van der Waals surface area (Å²) in [6, 6.07) is 9.94. The first kappa shape index (κ1) is 12.9. The molecule has 1 N–H and O–H groups in total. The lowest BCUT2D eigenvalue weighted by atomic mass is 9.84. The summed E-state index contributed by atoms with van der Waals surface area (Å²) in [5.74, 6) is -1.54. The molecule has 4 nitrogen and oxygen atoms in total. The van der Waals surface area contributed by atoms with E-state index in [1.54, 1.807) is 12.1 Å². The van der Waals surface area contributed by atoms with Gasteiger partial charge in [-0.15, -0.1) is 0 Å². The molecule has 0 aliphatic heterocycles. The second kappa shape index (κ2) is 6.65. The highest BCUT2D eigenvalue weighted by Gasteiger charge is 2.20. The second-order valence-corrected chi connectivity index (χ2v) is 5.67. The van der Waals surface area contributed by atoms with Crippen LogP contribution in [0.2, 0.25) is 0 Å². The van der Waals surface area contributed by atoms with Crippen molar-refractivity contribution in [3.05, 3.63) is 70.7 Å². The Morgan fingerprint density at radius 2 is 1.91 bits per heavy atom. The maximum absolute atomic E-state index is 12.1. The van der Waals surface area contributed by atoms with E-state index in [9.17, 15) is 9.59 Å². The molecular formula is C19H18O4. The fourth-order valence-electron chi connectivity index (χ4n) is 2.80. The van der Waals surface area contributed by atoms with Gasteiger partial charge in [0, 0.05) is 0 Å². The molecule has 0 amide bonds. The average Bonchev–Trinajstić information content (AvgIpc) is 2.63. The number of benzene rings is 2. The monoisotopic (exact) mass is 312 g/mol. The van der Waals surface area contributed by atoms with Crippen molar-refractivity contribution in [1.29, 1.82) is 0 Å². The standard InChI is InChI=1S/C19H18O4/c20-18(21)16-6-3-7-17(11-16)19(22)23-12-13-8-9-14-4-1-2-5-15(14)10-13/h1-7,11,13H,8-10,12H2,(H,20,21)/i4D,5D. The quantitative estimate of drug-likeness (QED) is 0.879. The molecule has 0 heterocycles. The molecule has 0 spiro atoms. The highest BCUT2D eigenvalue weighted by atomic mass is 16.5. The Balaban J connectivity index is 1.64. The fraction of sp³-hybridized carbons (Fsp3) is 0.263. The highest BCUT2D eigenvalue weighted by Crippen LogP contribution is 2.25. The molecule has 0 saturated carbocycles. The van der Waals surface area contributed by atoms with E-state index in [-0.39, 0.29) is 23.7 Å². The number of ether oxygens (including phenoxy) is 1. The Morgan fingerprint density at radius 1 is 1.17 bits per heavy atom. The fourth-order valence-corrected chi connectivity index (χ4v) is 2.80. The van der Waals surface area contributed by atoms with Crippen LogP contribution >= 0.6 is 0 Å². The van der Waals surface area contributed by atoms with Crippen LogP contribution in [0.4, 0.5) is 0 Å². The number of rotatable bonds is 4. The Bertz CT molecular complexity index is 832. The normalized spacial score (nSPS) is 17.7. The smallest absolute Gasteiger partial charge is 0.338 e. The van der Waals surface area contributed by atoms with E-state index in [4.69, 9.17) is 12.6 Å². The van der Waals surface area contributed by atoms with Gasteiger partial charge in [0.15, 0.2) is 0 Å². The molecule has 1 unspecified atom stereocenters. The van der Waals surface area contributed by atoms with Gasteiger partial charge in [-0.3, -0.25) is 0 Å². The van der Waals surface area contributed by atoms with Gasteiger partial charge in [-0.25, -0.2) is 9.59 Å². The minimum atomic E-state index is -1.09. The number of carboxylic acids is 1. The molecule has 0 radical (unpaired) electrons. The average molecular weight is 312 g/mol. The van der Waals surface area contributed by atoms with Crippen LogP contribution < -0.4 is 0 Å². The summed E-state index contributed by atoms with van der Waals surface area (Å²) < 4.78 is 21.3. The largest absolute Gasteiger partial charge is 0.478 e. The van der Waals surface area contributed by atoms with E-state index >= 15 is 0 Å². The van der Waals surface area contributed by atoms with Crippen molar-refractivity contribution in [2.24, 2.45) is 5.92 Å². The summed E-state index contributed by atoms with van der Waals surface area (Å²) in [5, 5.41) is 8.98. The van der Waals surface area contributed by atoms with E-state index in [1.807, 2.05) is 0 Å². The molecule has 1 aliphatic carbocycles. The molecule has 0 saturated heterocycles. The van der Waals surface area contributed by atoms with Crippen LogP contribution in [0.5, 0.6) is 0 Å². The van der Waals surface area contributed by atoms with Gasteiger partial charge in [-0.2, -0.15) is 0 Å². The molecule has 0 bridgehead atoms. The van der Waals surface area contributed by atoms with E-state index in [0.29, 0.717) is 24.9 Å². The van der Waals surface area contributed by atoms with Crippen molar-refractivity contribution < 1.29 is 22.2 Å². The van der Waals surface area contributed by atoms with Crippen molar-refractivity contribution >= 4 is 11.9 Å². The van der Waals surface area contributed by atoms with E-state index in [1.165, 1.54) is 24.3 Å². The van der Waals surface area contributed by atoms with Gasteiger partial charge in [0.1, 0.15) is 0 Å². The predicted octanol–water partition coefficient (Wildman–Crippen LogP) is 3.35. The van der Waals surface area contributed by atoms with Gasteiger partial charge >= 0.3 is 11.9 Å². The topological polar surface area (TPSA) is 63.6 Å². The van der Waals surface area contributed by atoms with Crippen molar-refractivity contribution in [3.8, 4) is 0 Å². The van der Waals surface area contributed by atoms with E-state index in [2.05, 4.69) is 0 Å². The minimum absolute atomic E-state index is 0.0443. The number of carboxylic acid groups (broad SMARTS) is 1. The molecule has 0 fully saturated rings. The lowest BCUT2D eigenvalue weighted by molar-refractivity contribution is 0.0428. The van der Waals surface area contributed by atoms with Gasteiger partial charge in [-0.1, -0.05) is 30.3 Å². The van der Waals surface area contributed by atoms with E-state index < -0.39 is 11.9 Å². The number of esters is 1. The zero-order chi connectivity index (χ0) is 18.0. The summed E-state index contributed by atoms with van der Waals surface area (Å²) in [7, 11) is 0. The number of hydrogen-bond donors (Lipinski definition) is 1. The predicted molar refractivity (Wildman–Crippen MR) is 85.6 cm³/mol. The Kier molecular flexibility index (Phi) is 3.72. The Morgan fingerprint density at radius 3 is 2.70 bits per heavy atom. The molecular weight excluding hydrogens is 292 g/mol. The van der Waals surface area contributed by atoms with Crippen LogP contribution in [-0.2, 0) is 17.6 Å². The van der Waals surface area contributed by atoms with Crippen LogP contribution in [0.3, 0.4) is 0 Å². The third-order valence-electron chi connectivity index (χ3n) is 4.05. The number of carbonyl (C=O) groups excluding carboxylic acids is 1. The van der Waals surface area contributed by atoms with Crippen molar-refractivity contribution in [2.75, 3.05) is 6.61 Å². The molecule has 3 rings (SSSR count). The van der Waals surface area contributed by atoms with Crippen LogP contribution in [0, 0.1) is 5.92 Å². The highest BCUT2D eigenvalue weighted by molar-refractivity contribution is 5.94. The molecule has 4 heteroatoms. The Labute approximate surface area is 137 Å². The first-order valence-electron chi connectivity index (χ1n) is 8.54. The van der Waals surface area contributed by atoms with Crippen LogP contribution in [0.1, 0.15) is 41.0 Å². The zero-order valence-electron chi connectivity index (χ0n) is 14.5. The zero-order valence-corrected chi connectivity index (χ0v) is 12.5. The first-order valence-corrected chi connectivity index (χ1v) is 7.54. The number of fused-ring (bicyclic) bond motifs is 1. The van der Waals surface area contributed by atoms with Gasteiger partial charge < -0.3 is 9.84 Å². The number of hydrogen-bond acceptors (Lipinski definition) is 3. The number of carbonyl (C=O) groups is 2. The summed E-state index contributed by atoms with van der Waals surface area (Å²) in [6.07, 6.45) is 2.12. The van der Waals surface area contributed by atoms with Crippen molar-refractivity contribution in [2.45, 2.75) is 19.3 Å². The van der Waals surface area contributed by atoms with Gasteiger partial charge in [0.2, 0.25) is 0 Å². The van der Waals surface area contributed by atoms with Gasteiger partial charge in [0.05, 0.1) is 20.5 Å². The maximum atomic E-state index is 12.1. The van der Waals surface area contributed by atoms with Crippen LogP contribution in [-0.4, -0.2) is 23.7 Å². The molecule has 1 aliphatic rings. The van der Waals surface area contributed by atoms with E-state index in [0.717, 1.165) is 17.5 Å². The van der Waals surface area contributed by atoms with Gasteiger partial charge in [-0.05, 0) is 54.5 Å². The molecule has 0 aromatic heterocycles. The molecule has 2 aromatic rings. The summed E-state index contributed by atoms with van der Waals surface area (Å²) in [5.41, 5.74) is 2.05. The lowest BCUT2D eigenvalue weighted by Crippen LogP contribution is -2.21. The third kappa shape index (κ3) is 3.59. The SMILES string of the molecule is [2H]c1ccc([2H])c2c1CCC(COC(=O)c1cccc(C(=O)O)c1)C2. The Hall–Kier alpha value is -2.62. The summed E-state index contributed by atoms with van der Waals surface area (Å²) in [6.45, 7) is 0.219. The van der Waals surface area contributed by atoms with Gasteiger partial charge in [0.25, 0.3) is 0 Å². The molecule has 23 heavy (non-hydrogen) atoms. The third-order valence-corrected chi connectivity index (χ3v) is 4.05. The second-order valence-electron chi connectivity index (χ2n) is 5.67. The summed E-state index contributed by atoms with van der Waals surface area (Å²) in [4.78, 5) is 23.1. The molecule has 2 aromatic carbocycles. The number of aromatic carboxylic acids is 1. The summed E-state index contributed by atoms with van der Waals surface area (Å²) >= 11 is 0. The minimum Gasteiger partial charge on any atom is -0.478 e. The molecule has 118 valence electrons. The molecule has 1 atom stereocenters. The van der Waals surface area contributed by atoms with Crippen LogP contribution in [0.15, 0.2) is 48.5 Å².